The zero-order valence-corrected chi connectivity index (χ0v) is 9.91. The molecule has 0 amide bonds. The maximum Gasteiger partial charge on any atom is 0.208 e. The second-order valence-electron chi connectivity index (χ2n) is 5.22. The molecule has 0 aliphatic heterocycles. The molecule has 2 fully saturated rings. The highest BCUT2D eigenvalue weighted by atomic mass is 16.4. The third-order valence-corrected chi connectivity index (χ3v) is 4.20. The normalized spacial score (nSPS) is 32.4. The molecule has 3 rings (SSSR count). The Balaban J connectivity index is 1.68. The van der Waals surface area contributed by atoms with Crippen molar-refractivity contribution in [3.8, 4) is 0 Å². The van der Waals surface area contributed by atoms with Gasteiger partial charge in [-0.3, -0.25) is 0 Å². The molecule has 2 aliphatic rings. The Labute approximate surface area is 96.6 Å². The Morgan fingerprint density at radius 3 is 3.06 bits per heavy atom. The molecule has 3 nitrogen and oxygen atoms in total. The summed E-state index contributed by atoms with van der Waals surface area (Å²) in [5, 5.41) is 3.25. The van der Waals surface area contributed by atoms with Crippen LogP contribution in [-0.4, -0.2) is 11.5 Å². The molecular weight excluding hydrogens is 200 g/mol. The molecule has 0 saturated heterocycles. The largest absolute Gasteiger partial charge is 0.444 e. The Morgan fingerprint density at radius 2 is 2.38 bits per heavy atom. The van der Waals surface area contributed by atoms with Crippen LogP contribution >= 0.6 is 0 Å². The van der Waals surface area contributed by atoms with Gasteiger partial charge in [0.1, 0.15) is 5.76 Å². The first kappa shape index (κ1) is 10.3. The summed E-state index contributed by atoms with van der Waals surface area (Å²) >= 11 is 0. The van der Waals surface area contributed by atoms with E-state index in [-0.39, 0.29) is 0 Å². The third kappa shape index (κ3) is 1.77. The van der Waals surface area contributed by atoms with Gasteiger partial charge in [-0.05, 0) is 37.6 Å². The minimum absolute atomic E-state index is 0.668. The average Bonchev–Trinajstić information content (AvgIpc) is 3.01. The molecule has 3 unspecified atom stereocenters. The molecule has 16 heavy (non-hydrogen) atoms. The maximum absolute atomic E-state index is 5.85. The van der Waals surface area contributed by atoms with Crippen LogP contribution in [0.25, 0.3) is 0 Å². The van der Waals surface area contributed by atoms with E-state index >= 15 is 0 Å². The topological polar surface area (TPSA) is 38.1 Å². The van der Waals surface area contributed by atoms with Crippen LogP contribution in [0.1, 0.15) is 50.2 Å². The quantitative estimate of drug-likeness (QED) is 0.847. The van der Waals surface area contributed by atoms with Crippen LogP contribution in [0, 0.1) is 11.8 Å². The number of hydrogen-bond donors (Lipinski definition) is 1. The maximum atomic E-state index is 5.85. The van der Waals surface area contributed by atoms with E-state index in [1.807, 2.05) is 6.20 Å². The van der Waals surface area contributed by atoms with Crippen molar-refractivity contribution >= 4 is 0 Å². The smallest absolute Gasteiger partial charge is 0.208 e. The molecule has 3 atom stereocenters. The van der Waals surface area contributed by atoms with Crippen LogP contribution in [-0.2, 0) is 6.54 Å². The molecule has 1 heterocycles. The summed E-state index contributed by atoms with van der Waals surface area (Å²) < 4.78 is 5.85. The van der Waals surface area contributed by atoms with Crippen molar-refractivity contribution in [3.05, 3.63) is 17.8 Å². The lowest BCUT2D eigenvalue weighted by Gasteiger charge is -2.18. The first-order valence-electron chi connectivity index (χ1n) is 6.52. The highest BCUT2D eigenvalue weighted by Crippen LogP contribution is 2.52. The molecule has 1 aromatic heterocycles. The van der Waals surface area contributed by atoms with E-state index in [4.69, 9.17) is 4.42 Å². The zero-order chi connectivity index (χ0) is 11.0. The summed E-state index contributed by atoms with van der Waals surface area (Å²) in [6.45, 7) is 3.82. The highest BCUT2D eigenvalue weighted by molar-refractivity contribution is 5.10. The number of hydrogen-bond acceptors (Lipinski definition) is 3. The zero-order valence-electron chi connectivity index (χ0n) is 9.91. The summed E-state index contributed by atoms with van der Waals surface area (Å²) in [5.74, 6) is 4.50. The molecule has 1 N–H and O–H groups in total. The number of aromatic nitrogens is 1. The fraction of sp³-hybridized carbons (Fsp3) is 0.769. The van der Waals surface area contributed by atoms with Gasteiger partial charge in [-0.25, -0.2) is 4.98 Å². The molecule has 1 aromatic rings. The van der Waals surface area contributed by atoms with Crippen LogP contribution < -0.4 is 5.32 Å². The first-order chi connectivity index (χ1) is 7.86. The molecule has 0 aromatic carbocycles. The van der Waals surface area contributed by atoms with Crippen molar-refractivity contribution in [2.24, 2.45) is 11.8 Å². The molecule has 0 spiro atoms. The standard InChI is InChI=1S/C13H20N2O/c1-2-14-8-13-15-7-12(16-13)11-6-9-3-4-10(11)5-9/h7,9-11,14H,2-6,8H2,1H3. The Bertz CT molecular complexity index is 361. The summed E-state index contributed by atoms with van der Waals surface area (Å²) in [6, 6.07) is 0. The second kappa shape index (κ2) is 4.21. The van der Waals surface area contributed by atoms with Crippen molar-refractivity contribution < 1.29 is 4.42 Å². The lowest BCUT2D eigenvalue weighted by molar-refractivity contribution is 0.341. The monoisotopic (exact) mass is 220 g/mol. The van der Waals surface area contributed by atoms with E-state index < -0.39 is 0 Å². The van der Waals surface area contributed by atoms with Crippen molar-refractivity contribution in [2.45, 2.75) is 45.1 Å². The van der Waals surface area contributed by atoms with Crippen LogP contribution in [0.3, 0.4) is 0 Å². The molecule has 3 heteroatoms. The highest BCUT2D eigenvalue weighted by Gasteiger charge is 2.41. The van der Waals surface area contributed by atoms with Gasteiger partial charge in [0, 0.05) is 5.92 Å². The fourth-order valence-corrected chi connectivity index (χ4v) is 3.40. The van der Waals surface area contributed by atoms with E-state index in [1.165, 1.54) is 25.7 Å². The van der Waals surface area contributed by atoms with Crippen LogP contribution in [0.4, 0.5) is 0 Å². The first-order valence-corrected chi connectivity index (χ1v) is 6.52. The SMILES string of the molecule is CCNCc1ncc(C2CC3CCC2C3)o1. The van der Waals surface area contributed by atoms with Gasteiger partial charge in [0.25, 0.3) is 0 Å². The molecular formula is C13H20N2O. The van der Waals surface area contributed by atoms with Crippen molar-refractivity contribution in [1.82, 2.24) is 10.3 Å². The van der Waals surface area contributed by atoms with Gasteiger partial charge in [-0.2, -0.15) is 0 Å². The van der Waals surface area contributed by atoms with Crippen molar-refractivity contribution in [1.29, 1.82) is 0 Å². The molecule has 2 aliphatic carbocycles. The number of fused-ring (bicyclic) bond motifs is 2. The van der Waals surface area contributed by atoms with Gasteiger partial charge in [-0.1, -0.05) is 13.3 Å². The van der Waals surface area contributed by atoms with Crippen LogP contribution in [0.2, 0.25) is 0 Å². The fourth-order valence-electron chi connectivity index (χ4n) is 3.40. The lowest BCUT2D eigenvalue weighted by atomic mass is 9.87. The number of nitrogens with one attached hydrogen (secondary N) is 1. The summed E-state index contributed by atoms with van der Waals surface area (Å²) in [7, 11) is 0. The minimum Gasteiger partial charge on any atom is -0.444 e. The lowest BCUT2D eigenvalue weighted by Crippen LogP contribution is -2.11. The number of nitrogens with zero attached hydrogens (tertiary/aromatic N) is 1. The van der Waals surface area contributed by atoms with Crippen LogP contribution in [0.5, 0.6) is 0 Å². The second-order valence-corrected chi connectivity index (χ2v) is 5.22. The average molecular weight is 220 g/mol. The number of rotatable bonds is 4. The minimum atomic E-state index is 0.668. The predicted molar refractivity (Wildman–Crippen MR) is 62.1 cm³/mol. The Hall–Kier alpha value is -0.830. The van der Waals surface area contributed by atoms with E-state index in [9.17, 15) is 0 Å². The van der Waals surface area contributed by atoms with Gasteiger partial charge in [-0.15, -0.1) is 0 Å². The number of oxazole rings is 1. The third-order valence-electron chi connectivity index (χ3n) is 4.20. The summed E-state index contributed by atoms with van der Waals surface area (Å²) in [4.78, 5) is 4.35. The molecule has 2 bridgehead atoms. The van der Waals surface area contributed by atoms with E-state index in [0.29, 0.717) is 5.92 Å². The summed E-state index contributed by atoms with van der Waals surface area (Å²) in [5.41, 5.74) is 0. The van der Waals surface area contributed by atoms with Gasteiger partial charge < -0.3 is 9.73 Å². The van der Waals surface area contributed by atoms with Crippen molar-refractivity contribution in [3.63, 3.8) is 0 Å². The van der Waals surface area contributed by atoms with Crippen molar-refractivity contribution in [2.75, 3.05) is 6.54 Å². The van der Waals surface area contributed by atoms with E-state index in [0.717, 1.165) is 36.6 Å². The molecule has 88 valence electrons. The Morgan fingerprint density at radius 1 is 1.44 bits per heavy atom. The summed E-state index contributed by atoms with van der Waals surface area (Å²) in [6.07, 6.45) is 7.56. The molecule has 0 radical (unpaired) electrons. The van der Waals surface area contributed by atoms with Gasteiger partial charge >= 0.3 is 0 Å². The van der Waals surface area contributed by atoms with Gasteiger partial charge in [0.15, 0.2) is 0 Å². The predicted octanol–water partition coefficient (Wildman–Crippen LogP) is 2.69. The van der Waals surface area contributed by atoms with E-state index in [1.54, 1.807) is 0 Å². The molecule has 2 saturated carbocycles. The van der Waals surface area contributed by atoms with E-state index in [2.05, 4.69) is 17.2 Å². The van der Waals surface area contributed by atoms with Crippen LogP contribution in [0.15, 0.2) is 10.6 Å². The van der Waals surface area contributed by atoms with Gasteiger partial charge in [0.05, 0.1) is 12.7 Å². The van der Waals surface area contributed by atoms with Gasteiger partial charge in [0.2, 0.25) is 5.89 Å². The Kier molecular flexibility index (Phi) is 2.72.